The van der Waals surface area contributed by atoms with Gasteiger partial charge in [-0.3, -0.25) is 4.79 Å². The number of piperidine rings is 1. The third-order valence-corrected chi connectivity index (χ3v) is 5.09. The monoisotopic (exact) mass is 342 g/mol. The molecule has 0 amide bonds. The number of hydrogen-bond donors (Lipinski definition) is 0. The lowest BCUT2D eigenvalue weighted by molar-refractivity contribution is 0.288. The van der Waals surface area contributed by atoms with E-state index in [1.807, 2.05) is 6.07 Å². The maximum atomic E-state index is 12.0. The van der Waals surface area contributed by atoms with Crippen molar-refractivity contribution in [3.63, 3.8) is 0 Å². The lowest BCUT2D eigenvalue weighted by atomic mass is 9.87. The number of fused-ring (bicyclic) bond motifs is 2. The first-order valence-corrected chi connectivity index (χ1v) is 8.07. The molecule has 122 valence electrons. The summed E-state index contributed by atoms with van der Waals surface area (Å²) >= 11 is 6.21. The molecule has 0 spiro atoms. The molecule has 3 fully saturated rings. The van der Waals surface area contributed by atoms with Crippen LogP contribution < -0.4 is 15.4 Å². The average molecular weight is 343 g/mol. The molecule has 0 saturated carbocycles. The van der Waals surface area contributed by atoms with Crippen LogP contribution in [0.2, 0.25) is 5.02 Å². The van der Waals surface area contributed by atoms with E-state index in [1.54, 1.807) is 25.5 Å². The lowest BCUT2D eigenvalue weighted by Crippen LogP contribution is -2.69. The van der Waals surface area contributed by atoms with Crippen LogP contribution in [-0.4, -0.2) is 39.9 Å². The minimum atomic E-state index is -0.284. The van der Waals surface area contributed by atoms with Crippen molar-refractivity contribution in [2.75, 3.05) is 22.9 Å². The third-order valence-electron chi connectivity index (χ3n) is 4.73. The van der Waals surface area contributed by atoms with Crippen molar-refractivity contribution in [3.8, 4) is 6.07 Å². The molecule has 2 aromatic heterocycles. The maximum absolute atomic E-state index is 12.0. The van der Waals surface area contributed by atoms with Gasteiger partial charge in [0, 0.05) is 26.3 Å². The molecule has 0 radical (unpaired) electrons. The second kappa shape index (κ2) is 5.49. The summed E-state index contributed by atoms with van der Waals surface area (Å²) in [5, 5.41) is 13.3. The Balaban J connectivity index is 1.58. The molecule has 2 aromatic rings. The Kier molecular flexibility index (Phi) is 3.43. The van der Waals surface area contributed by atoms with Gasteiger partial charge < -0.3 is 9.80 Å². The Morgan fingerprint density at radius 3 is 2.83 bits per heavy atom. The van der Waals surface area contributed by atoms with E-state index in [4.69, 9.17) is 16.9 Å². The van der Waals surface area contributed by atoms with Crippen molar-refractivity contribution in [1.82, 2.24) is 14.8 Å². The zero-order valence-corrected chi connectivity index (χ0v) is 13.8. The molecule has 8 heteroatoms. The Morgan fingerprint density at radius 2 is 2.12 bits per heavy atom. The molecule has 3 saturated heterocycles. The van der Waals surface area contributed by atoms with Crippen molar-refractivity contribution in [2.24, 2.45) is 7.05 Å². The quantitative estimate of drug-likeness (QED) is 0.815. The Hall–Kier alpha value is -2.59. The normalized spacial score (nSPS) is 22.0. The number of halogens is 1. The highest BCUT2D eigenvalue weighted by Gasteiger charge is 2.45. The topological polar surface area (TPSA) is 78.1 Å². The van der Waals surface area contributed by atoms with E-state index in [1.165, 1.54) is 4.68 Å². The first kappa shape index (κ1) is 15.0. The first-order valence-electron chi connectivity index (χ1n) is 7.69. The van der Waals surface area contributed by atoms with Crippen molar-refractivity contribution in [2.45, 2.75) is 18.5 Å². The summed E-state index contributed by atoms with van der Waals surface area (Å²) in [6.07, 6.45) is 4.39. The van der Waals surface area contributed by atoms with Crippen molar-refractivity contribution >= 4 is 23.1 Å². The van der Waals surface area contributed by atoms with Crippen LogP contribution >= 0.6 is 11.6 Å². The van der Waals surface area contributed by atoms with E-state index in [0.29, 0.717) is 23.3 Å². The van der Waals surface area contributed by atoms with Crippen LogP contribution in [0, 0.1) is 11.3 Å². The SMILES string of the molecule is Cn1ncc(N2CC3CC(C2)N3c2cc(C#N)ccn2)c(Cl)c1=O. The van der Waals surface area contributed by atoms with Gasteiger partial charge in [0.2, 0.25) is 0 Å². The van der Waals surface area contributed by atoms with E-state index in [0.717, 1.165) is 25.3 Å². The fraction of sp³-hybridized carbons (Fsp3) is 0.375. The highest BCUT2D eigenvalue weighted by atomic mass is 35.5. The van der Waals surface area contributed by atoms with Gasteiger partial charge in [-0.1, -0.05) is 11.6 Å². The summed E-state index contributed by atoms with van der Waals surface area (Å²) in [5.41, 5.74) is 1.02. The fourth-order valence-electron chi connectivity index (χ4n) is 3.53. The van der Waals surface area contributed by atoms with E-state index >= 15 is 0 Å². The van der Waals surface area contributed by atoms with Crippen LogP contribution in [0.15, 0.2) is 29.3 Å². The van der Waals surface area contributed by atoms with Crippen LogP contribution in [0.4, 0.5) is 11.5 Å². The van der Waals surface area contributed by atoms with Gasteiger partial charge in [-0.2, -0.15) is 10.4 Å². The van der Waals surface area contributed by atoms with Crippen LogP contribution in [0.25, 0.3) is 0 Å². The van der Waals surface area contributed by atoms with Gasteiger partial charge >= 0.3 is 0 Å². The number of nitriles is 1. The number of anilines is 2. The number of piperazine rings is 1. The minimum Gasteiger partial charge on any atom is -0.365 e. The number of aromatic nitrogens is 3. The number of pyridine rings is 1. The molecular formula is C16H15ClN6O. The molecule has 2 bridgehead atoms. The number of hydrogen-bond acceptors (Lipinski definition) is 6. The summed E-state index contributed by atoms with van der Waals surface area (Å²) in [6.45, 7) is 1.51. The summed E-state index contributed by atoms with van der Waals surface area (Å²) in [6, 6.07) is 6.27. The molecule has 0 N–H and O–H groups in total. The highest BCUT2D eigenvalue weighted by molar-refractivity contribution is 6.33. The molecule has 24 heavy (non-hydrogen) atoms. The van der Waals surface area contributed by atoms with Crippen LogP contribution in [-0.2, 0) is 7.05 Å². The van der Waals surface area contributed by atoms with Crippen LogP contribution in [0.3, 0.4) is 0 Å². The second-order valence-electron chi connectivity index (χ2n) is 6.14. The molecule has 3 aliphatic heterocycles. The Bertz CT molecular complexity index is 892. The van der Waals surface area contributed by atoms with Crippen molar-refractivity contribution in [3.05, 3.63) is 45.5 Å². The molecule has 0 aromatic carbocycles. The summed E-state index contributed by atoms with van der Waals surface area (Å²) in [4.78, 5) is 20.7. The number of rotatable bonds is 2. The summed E-state index contributed by atoms with van der Waals surface area (Å²) in [5.74, 6) is 0.836. The van der Waals surface area contributed by atoms with Gasteiger partial charge in [-0.25, -0.2) is 9.67 Å². The average Bonchev–Trinajstić information content (AvgIpc) is 2.60. The smallest absolute Gasteiger partial charge is 0.287 e. The first-order chi connectivity index (χ1) is 11.6. The Labute approximate surface area is 143 Å². The molecule has 5 heterocycles. The second-order valence-corrected chi connectivity index (χ2v) is 6.52. The van der Waals surface area contributed by atoms with Gasteiger partial charge in [-0.15, -0.1) is 0 Å². The van der Waals surface area contributed by atoms with Gasteiger partial charge in [0.15, 0.2) is 0 Å². The standard InChI is InChI=1S/C16H15ClN6O/c1-21-16(24)15(17)13(7-20-21)22-8-11-5-12(9-22)23(11)14-4-10(6-18)2-3-19-14/h2-4,7,11-12H,5,8-9H2,1H3. The van der Waals surface area contributed by atoms with E-state index < -0.39 is 0 Å². The lowest BCUT2D eigenvalue weighted by Gasteiger charge is -2.57. The van der Waals surface area contributed by atoms with E-state index in [9.17, 15) is 4.79 Å². The number of aryl methyl sites for hydroxylation is 1. The zero-order chi connectivity index (χ0) is 16.8. The van der Waals surface area contributed by atoms with Crippen LogP contribution in [0.1, 0.15) is 12.0 Å². The number of nitrogens with zero attached hydrogens (tertiary/aromatic N) is 6. The molecular weight excluding hydrogens is 328 g/mol. The zero-order valence-electron chi connectivity index (χ0n) is 13.1. The van der Waals surface area contributed by atoms with E-state index in [-0.39, 0.29) is 10.6 Å². The molecule has 3 aliphatic rings. The predicted octanol–water partition coefficient (Wildman–Crippen LogP) is 1.17. The Morgan fingerprint density at radius 1 is 1.38 bits per heavy atom. The van der Waals surface area contributed by atoms with Crippen molar-refractivity contribution in [1.29, 1.82) is 5.26 Å². The van der Waals surface area contributed by atoms with Crippen LogP contribution in [0.5, 0.6) is 0 Å². The fourth-order valence-corrected chi connectivity index (χ4v) is 3.82. The highest BCUT2D eigenvalue weighted by Crippen LogP contribution is 2.38. The third kappa shape index (κ3) is 2.22. The largest absolute Gasteiger partial charge is 0.365 e. The van der Waals surface area contributed by atoms with Crippen molar-refractivity contribution < 1.29 is 0 Å². The molecule has 2 atom stereocenters. The predicted molar refractivity (Wildman–Crippen MR) is 90.3 cm³/mol. The van der Waals surface area contributed by atoms with Gasteiger partial charge in [0.05, 0.1) is 35.6 Å². The molecule has 0 aliphatic carbocycles. The minimum absolute atomic E-state index is 0.213. The van der Waals surface area contributed by atoms with Gasteiger partial charge in [-0.05, 0) is 18.6 Å². The summed E-state index contributed by atoms with van der Waals surface area (Å²) < 4.78 is 1.24. The van der Waals surface area contributed by atoms with Gasteiger partial charge in [0.25, 0.3) is 5.56 Å². The maximum Gasteiger partial charge on any atom is 0.287 e. The van der Waals surface area contributed by atoms with E-state index in [2.05, 4.69) is 26.0 Å². The summed E-state index contributed by atoms with van der Waals surface area (Å²) in [7, 11) is 1.58. The molecule has 5 rings (SSSR count). The molecule has 2 unspecified atom stereocenters. The molecule has 7 nitrogen and oxygen atoms in total. The van der Waals surface area contributed by atoms with Gasteiger partial charge in [0.1, 0.15) is 10.8 Å².